The molecule has 6 heteroatoms. The Bertz CT molecular complexity index is 345. The lowest BCUT2D eigenvalue weighted by Gasteiger charge is -2.02. The molecule has 0 heterocycles. The fraction of sp³-hybridized carbons (Fsp3) is 0.462. The van der Waals surface area contributed by atoms with Crippen molar-refractivity contribution in [2.45, 2.75) is 19.8 Å². The van der Waals surface area contributed by atoms with E-state index in [1.165, 1.54) is 0 Å². The number of hydrogen-bond acceptors (Lipinski definition) is 6. The van der Waals surface area contributed by atoms with Crippen molar-refractivity contribution in [3.63, 3.8) is 0 Å². The van der Waals surface area contributed by atoms with E-state index in [2.05, 4.69) is 16.1 Å². The Morgan fingerprint density at radius 2 is 1.37 bits per heavy atom. The van der Waals surface area contributed by atoms with Crippen LogP contribution in [0.25, 0.3) is 0 Å². The Kier molecular flexibility index (Phi) is 9.79. The average molecular weight is 270 g/mol. The fourth-order valence-electron chi connectivity index (χ4n) is 0.893. The fourth-order valence-corrected chi connectivity index (χ4v) is 0.893. The number of ether oxygens (including phenoxy) is 3. The summed E-state index contributed by atoms with van der Waals surface area (Å²) in [4.78, 5) is 32.8. The molecule has 0 atom stereocenters. The van der Waals surface area contributed by atoms with E-state index in [-0.39, 0.29) is 13.2 Å². The van der Waals surface area contributed by atoms with Gasteiger partial charge < -0.3 is 14.2 Å². The van der Waals surface area contributed by atoms with Gasteiger partial charge in [-0.05, 0) is 6.42 Å². The minimum Gasteiger partial charge on any atom is -0.463 e. The highest BCUT2D eigenvalue weighted by molar-refractivity contribution is 5.91. The Labute approximate surface area is 112 Å². The molecule has 0 aromatic heterocycles. The van der Waals surface area contributed by atoms with Crippen LogP contribution in [-0.2, 0) is 28.6 Å². The number of unbranched alkanes of at least 4 members (excludes halogenated alkanes) is 1. The summed E-state index contributed by atoms with van der Waals surface area (Å²) in [7, 11) is 0. The predicted molar refractivity (Wildman–Crippen MR) is 67.1 cm³/mol. The summed E-state index contributed by atoms with van der Waals surface area (Å²) < 4.78 is 14.0. The van der Waals surface area contributed by atoms with Gasteiger partial charge in [-0.15, -0.1) is 0 Å². The molecular weight excluding hydrogens is 252 g/mol. The summed E-state index contributed by atoms with van der Waals surface area (Å²) in [5, 5.41) is 0. The maximum absolute atomic E-state index is 11.1. The summed E-state index contributed by atoms with van der Waals surface area (Å²) in [6.07, 6.45) is 4.66. The Balaban J connectivity index is 3.69. The topological polar surface area (TPSA) is 78.9 Å². The minimum absolute atomic E-state index is 0.0641. The first kappa shape index (κ1) is 16.9. The molecule has 106 valence electrons. The van der Waals surface area contributed by atoms with Crippen LogP contribution >= 0.6 is 0 Å². The van der Waals surface area contributed by atoms with Crippen molar-refractivity contribution >= 4 is 17.9 Å². The quantitative estimate of drug-likeness (QED) is 0.271. The molecule has 0 aromatic rings. The lowest BCUT2D eigenvalue weighted by Crippen LogP contribution is -2.11. The van der Waals surface area contributed by atoms with Crippen LogP contribution in [-0.4, -0.2) is 37.7 Å². The summed E-state index contributed by atoms with van der Waals surface area (Å²) in [6.45, 7) is 5.35. The van der Waals surface area contributed by atoms with Crippen LogP contribution in [0.5, 0.6) is 0 Å². The smallest absolute Gasteiger partial charge is 0.331 e. The number of carbonyl (C=O) groups excluding carboxylic acids is 3. The molecule has 0 rings (SSSR count). The van der Waals surface area contributed by atoms with Gasteiger partial charge in [0.05, 0.1) is 6.61 Å². The normalized spacial score (nSPS) is 9.95. The highest BCUT2D eigenvalue weighted by atomic mass is 16.6. The van der Waals surface area contributed by atoms with Gasteiger partial charge in [0.1, 0.15) is 13.2 Å². The first-order valence-electron chi connectivity index (χ1n) is 5.91. The molecule has 0 fully saturated rings. The van der Waals surface area contributed by atoms with E-state index in [1.807, 2.05) is 6.92 Å². The minimum atomic E-state index is -0.706. The third-order valence-electron chi connectivity index (χ3n) is 1.84. The Morgan fingerprint density at radius 1 is 0.895 bits per heavy atom. The number of carbonyl (C=O) groups is 3. The van der Waals surface area contributed by atoms with E-state index in [4.69, 9.17) is 4.74 Å². The molecule has 0 aliphatic heterocycles. The largest absolute Gasteiger partial charge is 0.463 e. The van der Waals surface area contributed by atoms with E-state index in [0.29, 0.717) is 6.61 Å². The SMILES string of the molecule is C=CC(=O)OCCOC(=O)/C=C\C(=O)OCCCC. The average Bonchev–Trinajstić information content (AvgIpc) is 2.41. The summed E-state index contributed by atoms with van der Waals surface area (Å²) >= 11 is 0. The molecule has 0 N–H and O–H groups in total. The van der Waals surface area contributed by atoms with Crippen molar-refractivity contribution in [3.05, 3.63) is 24.8 Å². The van der Waals surface area contributed by atoms with Gasteiger partial charge in [0, 0.05) is 18.2 Å². The van der Waals surface area contributed by atoms with Crippen LogP contribution in [0.3, 0.4) is 0 Å². The van der Waals surface area contributed by atoms with Crippen molar-refractivity contribution in [1.29, 1.82) is 0 Å². The van der Waals surface area contributed by atoms with Gasteiger partial charge in [-0.3, -0.25) is 0 Å². The monoisotopic (exact) mass is 270 g/mol. The number of esters is 3. The second kappa shape index (κ2) is 11.0. The van der Waals surface area contributed by atoms with Gasteiger partial charge in [0.2, 0.25) is 0 Å². The summed E-state index contributed by atoms with van der Waals surface area (Å²) in [6, 6.07) is 0. The van der Waals surface area contributed by atoms with Crippen molar-refractivity contribution in [1.82, 2.24) is 0 Å². The molecule has 0 radical (unpaired) electrons. The summed E-state index contributed by atoms with van der Waals surface area (Å²) in [5.74, 6) is -1.89. The van der Waals surface area contributed by atoms with Crippen LogP contribution in [0.1, 0.15) is 19.8 Å². The lowest BCUT2D eigenvalue weighted by molar-refractivity contribution is -0.146. The zero-order valence-electron chi connectivity index (χ0n) is 10.9. The molecule has 0 bridgehead atoms. The van der Waals surface area contributed by atoms with Crippen molar-refractivity contribution in [3.8, 4) is 0 Å². The standard InChI is InChI=1S/C13H18O6/c1-3-5-8-17-12(15)6-7-13(16)19-10-9-18-11(14)4-2/h4,6-7H,2-3,5,8-10H2,1H3/b7-6-. The van der Waals surface area contributed by atoms with Gasteiger partial charge in [-0.25, -0.2) is 14.4 Å². The van der Waals surface area contributed by atoms with Crippen molar-refractivity contribution in [2.75, 3.05) is 19.8 Å². The van der Waals surface area contributed by atoms with E-state index >= 15 is 0 Å². The molecule has 0 aliphatic rings. The molecule has 0 spiro atoms. The third kappa shape index (κ3) is 10.7. The highest BCUT2D eigenvalue weighted by Gasteiger charge is 2.01. The summed E-state index contributed by atoms with van der Waals surface area (Å²) in [5.41, 5.74) is 0. The maximum Gasteiger partial charge on any atom is 0.331 e. The van der Waals surface area contributed by atoms with E-state index in [9.17, 15) is 14.4 Å². The first-order valence-corrected chi connectivity index (χ1v) is 5.91. The third-order valence-corrected chi connectivity index (χ3v) is 1.84. The second-order valence-corrected chi connectivity index (χ2v) is 3.39. The number of rotatable bonds is 9. The molecule has 19 heavy (non-hydrogen) atoms. The van der Waals surface area contributed by atoms with Gasteiger partial charge in [0.25, 0.3) is 0 Å². The van der Waals surface area contributed by atoms with Crippen LogP contribution in [0.15, 0.2) is 24.8 Å². The molecule has 6 nitrogen and oxygen atoms in total. The predicted octanol–water partition coefficient (Wildman–Crippen LogP) is 1.16. The molecule has 0 aromatic carbocycles. The second-order valence-electron chi connectivity index (χ2n) is 3.39. The molecule has 0 unspecified atom stereocenters. The van der Waals surface area contributed by atoms with Crippen molar-refractivity contribution in [2.24, 2.45) is 0 Å². The molecule has 0 saturated heterocycles. The Morgan fingerprint density at radius 3 is 1.84 bits per heavy atom. The molecule has 0 aliphatic carbocycles. The van der Waals surface area contributed by atoms with E-state index in [0.717, 1.165) is 31.1 Å². The molecular formula is C13H18O6. The first-order chi connectivity index (χ1) is 9.10. The lowest BCUT2D eigenvalue weighted by atomic mass is 10.4. The Hall–Kier alpha value is -2.11. The van der Waals surface area contributed by atoms with Gasteiger partial charge in [-0.2, -0.15) is 0 Å². The highest BCUT2D eigenvalue weighted by Crippen LogP contribution is 1.91. The van der Waals surface area contributed by atoms with Crippen LogP contribution in [0.2, 0.25) is 0 Å². The van der Waals surface area contributed by atoms with E-state index < -0.39 is 17.9 Å². The van der Waals surface area contributed by atoms with Crippen LogP contribution in [0.4, 0.5) is 0 Å². The van der Waals surface area contributed by atoms with E-state index in [1.54, 1.807) is 0 Å². The number of hydrogen-bond donors (Lipinski definition) is 0. The van der Waals surface area contributed by atoms with Crippen LogP contribution in [0, 0.1) is 0 Å². The zero-order chi connectivity index (χ0) is 14.5. The van der Waals surface area contributed by atoms with Gasteiger partial charge in [-0.1, -0.05) is 19.9 Å². The van der Waals surface area contributed by atoms with Gasteiger partial charge >= 0.3 is 17.9 Å². The van der Waals surface area contributed by atoms with Crippen molar-refractivity contribution < 1.29 is 28.6 Å². The maximum atomic E-state index is 11.1. The molecule has 0 saturated carbocycles. The van der Waals surface area contributed by atoms with Gasteiger partial charge in [0.15, 0.2) is 0 Å². The zero-order valence-corrected chi connectivity index (χ0v) is 10.9. The molecule has 0 amide bonds. The van der Waals surface area contributed by atoms with Crippen LogP contribution < -0.4 is 0 Å².